The van der Waals surface area contributed by atoms with Crippen molar-refractivity contribution >= 4 is 88.0 Å². The molecule has 0 heterocycles. The van der Waals surface area contributed by atoms with Crippen LogP contribution in [0.5, 0.6) is 23.0 Å². The molecule has 34 heavy (non-hydrogen) atoms. The Kier molecular flexibility index (Phi) is 11.5. The first-order valence-electron chi connectivity index (χ1n) is 10.1. The van der Waals surface area contributed by atoms with Gasteiger partial charge in [0.05, 0.1) is 0 Å². The zero-order valence-electron chi connectivity index (χ0n) is 18.1. The minimum Gasteiger partial charge on any atom is -0.482 e. The van der Waals surface area contributed by atoms with Crippen molar-refractivity contribution in [2.45, 2.75) is 0 Å². The van der Waals surface area contributed by atoms with Crippen LogP contribution in [0.3, 0.4) is 0 Å². The summed E-state index contributed by atoms with van der Waals surface area (Å²) in [6.45, 7) is 0. The standard InChI is InChI=1S/C26H22Br4O4/c27-15-31-23-9-21(10-24(13-23)32-16-28)7-5-19-1-2-20(4-3-19)6-8-22-11-25(33-17-29)14-26(12-22)34-18-30/h1-14H,15-18H2/b7-5+,8-6+. The van der Waals surface area contributed by atoms with Crippen molar-refractivity contribution in [2.75, 3.05) is 22.1 Å². The average molecular weight is 718 g/mol. The Bertz CT molecular complexity index is 977. The topological polar surface area (TPSA) is 36.9 Å². The number of hydrogen-bond donors (Lipinski definition) is 0. The molecule has 0 bridgehead atoms. The fourth-order valence-corrected chi connectivity index (χ4v) is 4.13. The van der Waals surface area contributed by atoms with E-state index < -0.39 is 0 Å². The number of alkyl halides is 4. The Morgan fingerprint density at radius 2 is 0.676 bits per heavy atom. The predicted molar refractivity (Wildman–Crippen MR) is 155 cm³/mol. The lowest BCUT2D eigenvalue weighted by atomic mass is 10.1. The second-order valence-corrected chi connectivity index (χ2v) is 8.65. The van der Waals surface area contributed by atoms with Crippen LogP contribution in [-0.2, 0) is 0 Å². The fourth-order valence-electron chi connectivity index (χ4n) is 3.07. The predicted octanol–water partition coefficient (Wildman–Crippen LogP) is 8.95. The molecule has 0 spiro atoms. The van der Waals surface area contributed by atoms with Crippen LogP contribution in [0.4, 0.5) is 0 Å². The quantitative estimate of drug-likeness (QED) is 0.139. The summed E-state index contributed by atoms with van der Waals surface area (Å²) in [6.07, 6.45) is 8.19. The third-order valence-corrected chi connectivity index (χ3v) is 5.48. The third-order valence-electron chi connectivity index (χ3n) is 4.56. The largest absolute Gasteiger partial charge is 0.482 e. The van der Waals surface area contributed by atoms with Crippen molar-refractivity contribution < 1.29 is 18.9 Å². The summed E-state index contributed by atoms with van der Waals surface area (Å²) < 4.78 is 22.3. The van der Waals surface area contributed by atoms with Gasteiger partial charge in [0.1, 0.15) is 45.1 Å². The van der Waals surface area contributed by atoms with Crippen LogP contribution in [0.2, 0.25) is 0 Å². The van der Waals surface area contributed by atoms with Gasteiger partial charge in [-0.1, -0.05) is 48.6 Å². The van der Waals surface area contributed by atoms with E-state index in [9.17, 15) is 0 Å². The monoisotopic (exact) mass is 714 g/mol. The van der Waals surface area contributed by atoms with E-state index in [1.807, 2.05) is 48.6 Å². The molecule has 0 aliphatic carbocycles. The van der Waals surface area contributed by atoms with Crippen molar-refractivity contribution in [3.05, 3.63) is 82.9 Å². The van der Waals surface area contributed by atoms with Crippen LogP contribution in [0, 0.1) is 0 Å². The average Bonchev–Trinajstić information content (AvgIpc) is 2.83. The third kappa shape index (κ3) is 8.80. The lowest BCUT2D eigenvalue weighted by Crippen LogP contribution is -1.93. The van der Waals surface area contributed by atoms with Crippen molar-refractivity contribution in [3.63, 3.8) is 0 Å². The van der Waals surface area contributed by atoms with Gasteiger partial charge >= 0.3 is 0 Å². The van der Waals surface area contributed by atoms with E-state index in [-0.39, 0.29) is 0 Å². The summed E-state index contributed by atoms with van der Waals surface area (Å²) in [5, 5.41) is 0. The molecule has 0 atom stereocenters. The van der Waals surface area contributed by atoms with Crippen LogP contribution in [0.1, 0.15) is 22.3 Å². The van der Waals surface area contributed by atoms with Crippen molar-refractivity contribution in [2.24, 2.45) is 0 Å². The highest BCUT2D eigenvalue weighted by atomic mass is 79.9. The van der Waals surface area contributed by atoms with Crippen molar-refractivity contribution in [1.82, 2.24) is 0 Å². The summed E-state index contributed by atoms with van der Waals surface area (Å²) >= 11 is 13.2. The molecule has 8 heteroatoms. The van der Waals surface area contributed by atoms with E-state index >= 15 is 0 Å². The molecule has 0 radical (unpaired) electrons. The van der Waals surface area contributed by atoms with E-state index in [1.54, 1.807) is 0 Å². The normalized spacial score (nSPS) is 11.2. The lowest BCUT2D eigenvalue weighted by molar-refractivity contribution is 0.378. The Morgan fingerprint density at radius 3 is 0.941 bits per heavy atom. The maximum Gasteiger partial charge on any atom is 0.143 e. The molecule has 0 amide bonds. The SMILES string of the molecule is BrCOc1cc(/C=C/c2ccc(/C=C/c3cc(OCBr)cc(OCBr)c3)cc2)cc(OCBr)c1. The van der Waals surface area contributed by atoms with Gasteiger partial charge in [-0.05, 0) is 110 Å². The molecular formula is C26H22Br4O4. The minimum absolute atomic E-state index is 0.418. The number of benzene rings is 3. The summed E-state index contributed by atoms with van der Waals surface area (Å²) in [4.78, 5) is 0. The smallest absolute Gasteiger partial charge is 0.143 e. The van der Waals surface area contributed by atoms with Gasteiger partial charge in [-0.15, -0.1) is 0 Å². The Labute approximate surface area is 233 Å². The van der Waals surface area contributed by atoms with Crippen LogP contribution in [-0.4, -0.2) is 22.1 Å². The molecule has 0 saturated carbocycles. The highest BCUT2D eigenvalue weighted by Gasteiger charge is 2.03. The zero-order chi connectivity index (χ0) is 24.2. The highest BCUT2D eigenvalue weighted by Crippen LogP contribution is 2.27. The molecule has 0 unspecified atom stereocenters. The molecule has 0 aliphatic heterocycles. The molecule has 0 aliphatic rings. The van der Waals surface area contributed by atoms with Gasteiger partial charge in [-0.3, -0.25) is 0 Å². The maximum atomic E-state index is 5.57. The van der Waals surface area contributed by atoms with Crippen LogP contribution in [0.25, 0.3) is 24.3 Å². The van der Waals surface area contributed by atoms with Crippen LogP contribution < -0.4 is 18.9 Å². The van der Waals surface area contributed by atoms with Gasteiger partial charge in [0.25, 0.3) is 0 Å². The van der Waals surface area contributed by atoms with E-state index in [1.165, 1.54) is 0 Å². The van der Waals surface area contributed by atoms with E-state index in [2.05, 4.69) is 100 Å². The van der Waals surface area contributed by atoms with Gasteiger partial charge in [0.2, 0.25) is 0 Å². The first-order chi connectivity index (χ1) is 16.6. The number of ether oxygens (including phenoxy) is 4. The maximum absolute atomic E-state index is 5.57. The minimum atomic E-state index is 0.418. The summed E-state index contributed by atoms with van der Waals surface area (Å²) in [5.41, 5.74) is 5.84. The molecule has 0 saturated heterocycles. The first-order valence-corrected chi connectivity index (χ1v) is 14.6. The Balaban J connectivity index is 1.72. The number of rotatable bonds is 12. The molecular weight excluding hydrogens is 696 g/mol. The molecule has 0 N–H and O–H groups in total. The summed E-state index contributed by atoms with van der Waals surface area (Å²) in [7, 11) is 0. The summed E-state index contributed by atoms with van der Waals surface area (Å²) in [6, 6.07) is 19.9. The van der Waals surface area contributed by atoms with Crippen molar-refractivity contribution in [1.29, 1.82) is 0 Å². The first kappa shape index (κ1) is 26.9. The number of hydrogen-bond acceptors (Lipinski definition) is 4. The second-order valence-electron chi connectivity index (χ2n) is 6.82. The van der Waals surface area contributed by atoms with Gasteiger partial charge in [-0.2, -0.15) is 0 Å². The molecule has 3 aromatic rings. The van der Waals surface area contributed by atoms with Gasteiger partial charge in [-0.25, -0.2) is 0 Å². The Morgan fingerprint density at radius 1 is 0.412 bits per heavy atom. The fraction of sp³-hybridized carbons (Fsp3) is 0.154. The molecule has 4 nitrogen and oxygen atoms in total. The van der Waals surface area contributed by atoms with E-state index in [4.69, 9.17) is 18.9 Å². The Hall–Kier alpha value is -1.74. The molecule has 3 rings (SSSR count). The van der Waals surface area contributed by atoms with Crippen LogP contribution >= 0.6 is 63.7 Å². The lowest BCUT2D eigenvalue weighted by Gasteiger charge is -2.08. The number of halogens is 4. The van der Waals surface area contributed by atoms with Gasteiger partial charge in [0.15, 0.2) is 0 Å². The van der Waals surface area contributed by atoms with E-state index in [0.29, 0.717) is 22.1 Å². The van der Waals surface area contributed by atoms with Gasteiger partial charge < -0.3 is 18.9 Å². The molecule has 178 valence electrons. The molecule has 0 fully saturated rings. The highest BCUT2D eigenvalue weighted by molar-refractivity contribution is 9.09. The van der Waals surface area contributed by atoms with Crippen LogP contribution in [0.15, 0.2) is 60.7 Å². The van der Waals surface area contributed by atoms with E-state index in [0.717, 1.165) is 45.3 Å². The zero-order valence-corrected chi connectivity index (χ0v) is 24.4. The van der Waals surface area contributed by atoms with Crippen molar-refractivity contribution in [3.8, 4) is 23.0 Å². The van der Waals surface area contributed by atoms with Gasteiger partial charge in [0, 0.05) is 12.1 Å². The summed E-state index contributed by atoms with van der Waals surface area (Å²) in [5.74, 6) is 2.97. The second kappa shape index (κ2) is 14.6. The molecule has 0 aromatic heterocycles. The molecule has 3 aromatic carbocycles.